The van der Waals surface area contributed by atoms with Crippen molar-refractivity contribution in [3.8, 4) is 0 Å². The minimum absolute atomic E-state index is 0.615. The highest BCUT2D eigenvalue weighted by Gasteiger charge is 2.27. The number of hydrogen-bond donors (Lipinski definition) is 0. The lowest BCUT2D eigenvalue weighted by Crippen LogP contribution is -2.21. The molecule has 3 heteroatoms. The van der Waals surface area contributed by atoms with Crippen LogP contribution < -0.4 is 0 Å². The molecule has 0 saturated carbocycles. The first-order chi connectivity index (χ1) is 6.22. The lowest BCUT2D eigenvalue weighted by molar-refractivity contribution is 0.257. The molecule has 0 spiro atoms. The molecule has 1 atom stereocenters. The van der Waals surface area contributed by atoms with Gasteiger partial charge in [-0.3, -0.25) is 4.90 Å². The van der Waals surface area contributed by atoms with Gasteiger partial charge in [0.15, 0.2) is 0 Å². The van der Waals surface area contributed by atoms with Crippen LogP contribution in [0.15, 0.2) is 6.07 Å². The first kappa shape index (κ1) is 9.50. The summed E-state index contributed by atoms with van der Waals surface area (Å²) in [6, 6.07) is 2.76. The number of aryl methyl sites for hydroxylation is 1. The van der Waals surface area contributed by atoms with Gasteiger partial charge < -0.3 is 0 Å². The van der Waals surface area contributed by atoms with Crippen molar-refractivity contribution in [3.63, 3.8) is 0 Å². The molecule has 1 aromatic heterocycles. The summed E-state index contributed by atoms with van der Waals surface area (Å²) < 4.78 is 0.944. The molecule has 13 heavy (non-hydrogen) atoms. The minimum atomic E-state index is 0.615. The largest absolute Gasteiger partial charge is 0.300 e. The molecule has 0 aliphatic heterocycles. The predicted molar refractivity (Wildman–Crippen MR) is 58.7 cm³/mol. The Labute approximate surface area is 88.3 Å². The van der Waals surface area contributed by atoms with Crippen LogP contribution >= 0.6 is 22.9 Å². The fourth-order valence-corrected chi connectivity index (χ4v) is 3.34. The van der Waals surface area contributed by atoms with Gasteiger partial charge in [0, 0.05) is 10.9 Å². The Bertz CT molecular complexity index is 308. The van der Waals surface area contributed by atoms with Gasteiger partial charge in [0.05, 0.1) is 4.34 Å². The molecular formula is C10H14ClNS. The number of halogens is 1. The number of thiophene rings is 1. The molecule has 0 fully saturated rings. The lowest BCUT2D eigenvalue weighted by atomic mass is 10.1. The third kappa shape index (κ3) is 1.63. The summed E-state index contributed by atoms with van der Waals surface area (Å²) in [4.78, 5) is 3.89. The van der Waals surface area contributed by atoms with Crippen LogP contribution in [0.4, 0.5) is 0 Å². The normalized spacial score (nSPS) is 21.1. The zero-order chi connectivity index (χ0) is 9.42. The Balaban J connectivity index is 2.26. The van der Waals surface area contributed by atoms with Gasteiger partial charge in [-0.15, -0.1) is 11.3 Å². The Hall–Kier alpha value is -0.0500. The lowest BCUT2D eigenvalue weighted by Gasteiger charge is -2.22. The molecule has 0 amide bonds. The highest BCUT2D eigenvalue weighted by atomic mass is 35.5. The maximum Gasteiger partial charge on any atom is 0.0934 e. The molecular weight excluding hydrogens is 202 g/mol. The monoisotopic (exact) mass is 215 g/mol. The molecule has 72 valence electrons. The first-order valence-electron chi connectivity index (χ1n) is 4.70. The zero-order valence-electron chi connectivity index (χ0n) is 8.01. The van der Waals surface area contributed by atoms with Gasteiger partial charge in [0.25, 0.3) is 0 Å². The van der Waals surface area contributed by atoms with E-state index in [-0.39, 0.29) is 0 Å². The van der Waals surface area contributed by atoms with Crippen molar-refractivity contribution < 1.29 is 0 Å². The van der Waals surface area contributed by atoms with E-state index in [9.17, 15) is 0 Å². The highest BCUT2D eigenvalue weighted by Crippen LogP contribution is 2.41. The standard InChI is InChI=1S/C10H14ClNS/c1-3-12(2)8-4-5-9-7(8)6-10(11)13-9/h6,8H,3-5H2,1-2H3. The van der Waals surface area contributed by atoms with E-state index in [4.69, 9.17) is 11.6 Å². The van der Waals surface area contributed by atoms with Gasteiger partial charge in [-0.05, 0) is 38.1 Å². The van der Waals surface area contributed by atoms with Crippen molar-refractivity contribution in [2.75, 3.05) is 13.6 Å². The van der Waals surface area contributed by atoms with Crippen LogP contribution in [0.2, 0.25) is 4.34 Å². The molecule has 0 bridgehead atoms. The van der Waals surface area contributed by atoms with E-state index in [1.165, 1.54) is 23.3 Å². The smallest absolute Gasteiger partial charge is 0.0934 e. The number of fused-ring (bicyclic) bond motifs is 1. The zero-order valence-corrected chi connectivity index (χ0v) is 9.58. The van der Waals surface area contributed by atoms with Crippen LogP contribution in [0.3, 0.4) is 0 Å². The third-order valence-corrected chi connectivity index (χ3v) is 4.19. The third-order valence-electron chi connectivity index (χ3n) is 2.85. The van der Waals surface area contributed by atoms with Crippen LogP contribution in [0, 0.1) is 0 Å². The van der Waals surface area contributed by atoms with Crippen LogP contribution in [0.1, 0.15) is 29.8 Å². The van der Waals surface area contributed by atoms with Crippen molar-refractivity contribution in [2.24, 2.45) is 0 Å². The van der Waals surface area contributed by atoms with E-state index in [2.05, 4.69) is 24.9 Å². The highest BCUT2D eigenvalue weighted by molar-refractivity contribution is 7.16. The van der Waals surface area contributed by atoms with E-state index >= 15 is 0 Å². The van der Waals surface area contributed by atoms with Gasteiger partial charge in [-0.25, -0.2) is 0 Å². The van der Waals surface area contributed by atoms with Crippen LogP contribution in [0.25, 0.3) is 0 Å². The van der Waals surface area contributed by atoms with E-state index in [1.54, 1.807) is 11.3 Å². The summed E-state index contributed by atoms with van der Waals surface area (Å²) in [5, 5.41) is 0. The molecule has 2 rings (SSSR count). The molecule has 1 nitrogen and oxygen atoms in total. The predicted octanol–water partition coefficient (Wildman–Crippen LogP) is 3.34. The Morgan fingerprint density at radius 3 is 3.15 bits per heavy atom. The molecule has 1 aliphatic carbocycles. The second-order valence-electron chi connectivity index (χ2n) is 3.56. The van der Waals surface area contributed by atoms with Crippen molar-refractivity contribution in [1.82, 2.24) is 4.90 Å². The molecule has 1 aromatic rings. The molecule has 1 aliphatic rings. The van der Waals surface area contributed by atoms with Gasteiger partial charge in [-0.2, -0.15) is 0 Å². The molecule has 1 unspecified atom stereocenters. The van der Waals surface area contributed by atoms with E-state index in [0.717, 1.165) is 10.9 Å². The van der Waals surface area contributed by atoms with Gasteiger partial charge in [0.2, 0.25) is 0 Å². The molecule has 1 heterocycles. The number of hydrogen-bond acceptors (Lipinski definition) is 2. The Morgan fingerprint density at radius 2 is 2.46 bits per heavy atom. The summed E-state index contributed by atoms with van der Waals surface area (Å²) in [6.07, 6.45) is 2.48. The van der Waals surface area contributed by atoms with Crippen LogP contribution in [0.5, 0.6) is 0 Å². The second kappa shape index (κ2) is 3.60. The molecule has 0 N–H and O–H groups in total. The topological polar surface area (TPSA) is 3.24 Å². The maximum absolute atomic E-state index is 5.99. The second-order valence-corrected chi connectivity index (χ2v) is 5.32. The van der Waals surface area contributed by atoms with Crippen molar-refractivity contribution in [2.45, 2.75) is 25.8 Å². The van der Waals surface area contributed by atoms with E-state index < -0.39 is 0 Å². The average molecular weight is 216 g/mol. The van der Waals surface area contributed by atoms with E-state index in [0.29, 0.717) is 6.04 Å². The average Bonchev–Trinajstić information content (AvgIpc) is 2.61. The van der Waals surface area contributed by atoms with Crippen molar-refractivity contribution >= 4 is 22.9 Å². The van der Waals surface area contributed by atoms with Crippen molar-refractivity contribution in [1.29, 1.82) is 0 Å². The summed E-state index contributed by atoms with van der Waals surface area (Å²) in [7, 11) is 2.19. The van der Waals surface area contributed by atoms with E-state index in [1.807, 2.05) is 0 Å². The maximum atomic E-state index is 5.99. The Morgan fingerprint density at radius 1 is 1.69 bits per heavy atom. The number of nitrogens with zero attached hydrogens (tertiary/aromatic N) is 1. The quantitative estimate of drug-likeness (QED) is 0.732. The minimum Gasteiger partial charge on any atom is -0.300 e. The summed E-state index contributed by atoms with van der Waals surface area (Å²) in [6.45, 7) is 3.31. The molecule has 0 aromatic carbocycles. The summed E-state index contributed by atoms with van der Waals surface area (Å²) in [5.41, 5.74) is 1.47. The molecule has 0 radical (unpaired) electrons. The van der Waals surface area contributed by atoms with Crippen LogP contribution in [-0.4, -0.2) is 18.5 Å². The SMILES string of the molecule is CCN(C)C1CCc2sc(Cl)cc21. The van der Waals surface area contributed by atoms with Gasteiger partial charge in [-0.1, -0.05) is 18.5 Å². The first-order valence-corrected chi connectivity index (χ1v) is 5.90. The summed E-state index contributed by atoms with van der Waals surface area (Å²) in [5.74, 6) is 0. The molecule has 0 saturated heterocycles. The van der Waals surface area contributed by atoms with Crippen molar-refractivity contribution in [3.05, 3.63) is 20.8 Å². The van der Waals surface area contributed by atoms with Gasteiger partial charge in [0.1, 0.15) is 0 Å². The van der Waals surface area contributed by atoms with Gasteiger partial charge >= 0.3 is 0 Å². The fraction of sp³-hybridized carbons (Fsp3) is 0.600. The Kier molecular flexibility index (Phi) is 2.63. The number of rotatable bonds is 2. The fourth-order valence-electron chi connectivity index (χ4n) is 1.99. The summed E-state index contributed by atoms with van der Waals surface area (Å²) >= 11 is 7.74. The van der Waals surface area contributed by atoms with Crippen LogP contribution in [-0.2, 0) is 6.42 Å².